The first-order valence-corrected chi connectivity index (χ1v) is 11.3. The Morgan fingerprint density at radius 1 is 1.13 bits per heavy atom. The second-order valence-corrected chi connectivity index (χ2v) is 8.66. The molecule has 1 N–H and O–H groups in total. The summed E-state index contributed by atoms with van der Waals surface area (Å²) in [7, 11) is 1.70. The number of hydrogen-bond donors (Lipinski definition) is 1. The number of amides is 1. The number of carbonyl (C=O) groups is 1. The average molecular weight is 424 g/mol. The minimum Gasteiger partial charge on any atom is -0.497 e. The molecule has 0 saturated carbocycles. The lowest BCUT2D eigenvalue weighted by Crippen LogP contribution is -2.45. The zero-order chi connectivity index (χ0) is 21.5. The molecular weight excluding hydrogens is 390 g/mol. The molecule has 1 unspecified atom stereocenters. The van der Waals surface area contributed by atoms with Crippen molar-refractivity contribution in [1.29, 1.82) is 0 Å². The number of benzene rings is 1. The summed E-state index contributed by atoms with van der Waals surface area (Å²) < 4.78 is 5.23. The lowest BCUT2D eigenvalue weighted by molar-refractivity contribution is -0.125. The minimum atomic E-state index is 0.0333. The Labute approximate surface area is 184 Å². The fourth-order valence-electron chi connectivity index (χ4n) is 4.58. The molecule has 166 valence electrons. The van der Waals surface area contributed by atoms with Gasteiger partial charge in [-0.25, -0.2) is 4.98 Å². The van der Waals surface area contributed by atoms with Crippen molar-refractivity contribution < 1.29 is 9.53 Å². The van der Waals surface area contributed by atoms with Gasteiger partial charge >= 0.3 is 0 Å². The third-order valence-corrected chi connectivity index (χ3v) is 6.50. The molecule has 0 radical (unpaired) electrons. The van der Waals surface area contributed by atoms with Crippen molar-refractivity contribution in [2.75, 3.05) is 44.7 Å². The van der Waals surface area contributed by atoms with E-state index in [-0.39, 0.29) is 11.8 Å². The first-order chi connectivity index (χ1) is 15.2. The van der Waals surface area contributed by atoms with E-state index < -0.39 is 0 Å². The van der Waals surface area contributed by atoms with Crippen LogP contribution in [0.4, 0.5) is 5.82 Å². The quantitative estimate of drug-likeness (QED) is 0.738. The molecule has 3 heterocycles. The van der Waals surface area contributed by atoms with E-state index in [0.717, 1.165) is 76.5 Å². The third-order valence-electron chi connectivity index (χ3n) is 6.50. The first kappa shape index (κ1) is 21.6. The molecule has 2 aromatic rings. The van der Waals surface area contributed by atoms with Crippen LogP contribution in [0.25, 0.3) is 0 Å². The predicted molar refractivity (Wildman–Crippen MR) is 121 cm³/mol. The first-order valence-electron chi connectivity index (χ1n) is 11.3. The molecule has 0 aliphatic carbocycles. The van der Waals surface area contributed by atoms with Crippen LogP contribution in [-0.2, 0) is 11.3 Å². The van der Waals surface area contributed by atoms with Crippen LogP contribution in [0, 0.1) is 11.8 Å². The smallest absolute Gasteiger partial charge is 0.224 e. The molecule has 0 spiro atoms. The molecule has 1 atom stereocenters. The molecule has 2 aliphatic heterocycles. The van der Waals surface area contributed by atoms with Crippen molar-refractivity contribution in [1.82, 2.24) is 20.2 Å². The van der Waals surface area contributed by atoms with Crippen LogP contribution in [0.5, 0.6) is 5.75 Å². The topological polar surface area (TPSA) is 70.6 Å². The van der Waals surface area contributed by atoms with E-state index in [2.05, 4.69) is 37.2 Å². The molecule has 1 amide bonds. The third kappa shape index (κ3) is 5.94. The summed E-state index contributed by atoms with van der Waals surface area (Å²) in [5.74, 6) is 2.55. The van der Waals surface area contributed by atoms with E-state index in [1.165, 1.54) is 5.56 Å². The highest BCUT2D eigenvalue weighted by atomic mass is 16.5. The number of carbonyl (C=O) groups excluding carboxylic acids is 1. The Kier molecular flexibility index (Phi) is 7.35. The molecule has 1 aromatic carbocycles. The fraction of sp³-hybridized carbons (Fsp3) is 0.542. The van der Waals surface area contributed by atoms with Crippen LogP contribution in [0.1, 0.15) is 31.2 Å². The van der Waals surface area contributed by atoms with Gasteiger partial charge in [-0.2, -0.15) is 0 Å². The second kappa shape index (κ2) is 10.6. The van der Waals surface area contributed by atoms with Gasteiger partial charge in [0.2, 0.25) is 5.91 Å². The van der Waals surface area contributed by atoms with Gasteiger partial charge in [0.05, 0.1) is 19.2 Å². The molecule has 31 heavy (non-hydrogen) atoms. The largest absolute Gasteiger partial charge is 0.497 e. The van der Waals surface area contributed by atoms with Crippen molar-refractivity contribution in [2.24, 2.45) is 11.8 Å². The van der Waals surface area contributed by atoms with Gasteiger partial charge in [-0.05, 0) is 62.4 Å². The summed E-state index contributed by atoms with van der Waals surface area (Å²) in [6.45, 7) is 5.59. The van der Waals surface area contributed by atoms with Gasteiger partial charge in [0.25, 0.3) is 0 Å². The van der Waals surface area contributed by atoms with Crippen LogP contribution >= 0.6 is 0 Å². The molecule has 7 heteroatoms. The SMILES string of the molecule is COc1ccc(CN2CCC(CNC(=O)C3CCCN(c4cnccn4)C3)CC2)cc1. The summed E-state index contributed by atoms with van der Waals surface area (Å²) in [5.41, 5.74) is 1.32. The zero-order valence-electron chi connectivity index (χ0n) is 18.4. The van der Waals surface area contributed by atoms with Gasteiger partial charge in [-0.3, -0.25) is 14.7 Å². The maximum atomic E-state index is 12.8. The number of likely N-dealkylation sites (tertiary alicyclic amines) is 1. The van der Waals surface area contributed by atoms with Gasteiger partial charge in [0, 0.05) is 38.6 Å². The van der Waals surface area contributed by atoms with Crippen molar-refractivity contribution in [3.8, 4) is 5.75 Å². The number of hydrogen-bond acceptors (Lipinski definition) is 6. The lowest BCUT2D eigenvalue weighted by atomic mass is 9.94. The van der Waals surface area contributed by atoms with Crippen LogP contribution in [0.3, 0.4) is 0 Å². The van der Waals surface area contributed by atoms with E-state index in [4.69, 9.17) is 4.74 Å². The number of rotatable bonds is 7. The lowest BCUT2D eigenvalue weighted by Gasteiger charge is -2.34. The number of aromatic nitrogens is 2. The van der Waals surface area contributed by atoms with Crippen LogP contribution in [-0.4, -0.2) is 60.6 Å². The number of nitrogens with zero attached hydrogens (tertiary/aromatic N) is 4. The Balaban J connectivity index is 1.18. The fourth-order valence-corrected chi connectivity index (χ4v) is 4.58. The van der Waals surface area contributed by atoms with Crippen molar-refractivity contribution in [3.05, 3.63) is 48.4 Å². The summed E-state index contributed by atoms with van der Waals surface area (Å²) in [4.78, 5) is 26.0. The molecule has 2 fully saturated rings. The number of methoxy groups -OCH3 is 1. The highest BCUT2D eigenvalue weighted by molar-refractivity contribution is 5.79. The van der Waals surface area contributed by atoms with E-state index >= 15 is 0 Å². The van der Waals surface area contributed by atoms with Gasteiger partial charge < -0.3 is 15.0 Å². The van der Waals surface area contributed by atoms with E-state index in [0.29, 0.717) is 5.92 Å². The summed E-state index contributed by atoms with van der Waals surface area (Å²) in [6.07, 6.45) is 9.39. The average Bonchev–Trinajstić information content (AvgIpc) is 2.84. The van der Waals surface area contributed by atoms with Crippen molar-refractivity contribution in [2.45, 2.75) is 32.2 Å². The number of ether oxygens (including phenoxy) is 1. The van der Waals surface area contributed by atoms with Gasteiger partial charge in [-0.1, -0.05) is 12.1 Å². The summed E-state index contributed by atoms with van der Waals surface area (Å²) in [5, 5.41) is 3.24. The monoisotopic (exact) mass is 423 g/mol. The Morgan fingerprint density at radius 2 is 1.94 bits per heavy atom. The Bertz CT molecular complexity index is 822. The number of anilines is 1. The molecular formula is C24H33N5O2. The maximum Gasteiger partial charge on any atom is 0.224 e. The highest BCUT2D eigenvalue weighted by Crippen LogP contribution is 2.22. The van der Waals surface area contributed by atoms with E-state index in [1.807, 2.05) is 12.1 Å². The van der Waals surface area contributed by atoms with Crippen LogP contribution in [0.15, 0.2) is 42.9 Å². The normalized spacial score (nSPS) is 20.4. The van der Waals surface area contributed by atoms with Gasteiger partial charge in [0.15, 0.2) is 0 Å². The van der Waals surface area contributed by atoms with Gasteiger partial charge in [-0.15, -0.1) is 0 Å². The molecule has 2 aliphatic rings. The molecule has 2 saturated heterocycles. The van der Waals surface area contributed by atoms with Crippen molar-refractivity contribution in [3.63, 3.8) is 0 Å². The molecule has 1 aromatic heterocycles. The Morgan fingerprint density at radius 3 is 2.65 bits per heavy atom. The zero-order valence-corrected chi connectivity index (χ0v) is 18.4. The molecule has 4 rings (SSSR count). The van der Waals surface area contributed by atoms with Crippen LogP contribution in [0.2, 0.25) is 0 Å². The van der Waals surface area contributed by atoms with Crippen molar-refractivity contribution >= 4 is 11.7 Å². The minimum absolute atomic E-state index is 0.0333. The number of piperidine rings is 2. The number of nitrogens with one attached hydrogen (secondary N) is 1. The standard InChI is InChI=1S/C24H33N5O2/c1-31-22-6-4-20(5-7-22)17-28-13-8-19(9-14-28)15-27-24(30)21-3-2-12-29(18-21)23-16-25-10-11-26-23/h4-7,10-11,16,19,21H,2-3,8-9,12-15,17-18H2,1H3,(H,27,30). The highest BCUT2D eigenvalue weighted by Gasteiger charge is 2.27. The summed E-state index contributed by atoms with van der Waals surface area (Å²) in [6, 6.07) is 8.32. The van der Waals surface area contributed by atoms with Crippen LogP contribution < -0.4 is 15.0 Å². The molecule has 7 nitrogen and oxygen atoms in total. The van der Waals surface area contributed by atoms with Gasteiger partial charge in [0.1, 0.15) is 11.6 Å². The second-order valence-electron chi connectivity index (χ2n) is 8.66. The summed E-state index contributed by atoms with van der Waals surface area (Å²) >= 11 is 0. The maximum absolute atomic E-state index is 12.8. The molecule has 0 bridgehead atoms. The predicted octanol–water partition coefficient (Wildman–Crippen LogP) is 2.73. The van der Waals surface area contributed by atoms with E-state index in [1.54, 1.807) is 25.7 Å². The van der Waals surface area contributed by atoms with E-state index in [9.17, 15) is 4.79 Å². The Hall–Kier alpha value is -2.67.